The molecule has 1 aliphatic rings. The van der Waals surface area contributed by atoms with Crippen LogP contribution in [0.15, 0.2) is 36.7 Å². The van der Waals surface area contributed by atoms with Crippen molar-refractivity contribution in [2.75, 3.05) is 0 Å². The van der Waals surface area contributed by atoms with Crippen LogP contribution in [0.4, 0.5) is 0 Å². The summed E-state index contributed by atoms with van der Waals surface area (Å²) in [6.45, 7) is 0.429. The highest BCUT2D eigenvalue weighted by atomic mass is 16.4. The maximum Gasteiger partial charge on any atom is 0.306 e. The SMILES string of the molecule is Cn1cc(-c2ccccc2CNC(=O)[C@@H]2CC[C@H](C(=O)O)C2)cn1. The minimum Gasteiger partial charge on any atom is -0.481 e. The summed E-state index contributed by atoms with van der Waals surface area (Å²) in [6.07, 6.45) is 5.41. The van der Waals surface area contributed by atoms with E-state index in [1.165, 1.54) is 0 Å². The molecule has 1 saturated carbocycles. The number of hydrogen-bond donors (Lipinski definition) is 2. The number of rotatable bonds is 5. The molecule has 1 aliphatic carbocycles. The average Bonchev–Trinajstić information content (AvgIpc) is 3.22. The number of carbonyl (C=O) groups excluding carboxylic acids is 1. The van der Waals surface area contributed by atoms with Gasteiger partial charge in [0, 0.05) is 31.3 Å². The smallest absolute Gasteiger partial charge is 0.306 e. The molecule has 0 spiro atoms. The van der Waals surface area contributed by atoms with E-state index in [4.69, 9.17) is 5.11 Å². The Hall–Kier alpha value is -2.63. The van der Waals surface area contributed by atoms with Gasteiger partial charge in [-0.3, -0.25) is 14.3 Å². The molecule has 126 valence electrons. The number of amides is 1. The minimum absolute atomic E-state index is 0.0558. The number of carbonyl (C=O) groups is 2. The number of nitrogens with one attached hydrogen (secondary N) is 1. The van der Waals surface area contributed by atoms with Gasteiger partial charge in [0.05, 0.1) is 12.1 Å². The Kier molecular flexibility index (Phi) is 4.64. The number of benzene rings is 1. The Morgan fingerprint density at radius 2 is 2.04 bits per heavy atom. The number of aryl methyl sites for hydroxylation is 1. The van der Waals surface area contributed by atoms with Gasteiger partial charge in [0.2, 0.25) is 5.91 Å². The van der Waals surface area contributed by atoms with Gasteiger partial charge in [-0.25, -0.2) is 0 Å². The lowest BCUT2D eigenvalue weighted by Gasteiger charge is -2.13. The Morgan fingerprint density at radius 1 is 1.29 bits per heavy atom. The number of aromatic nitrogens is 2. The fraction of sp³-hybridized carbons (Fsp3) is 0.389. The van der Waals surface area contributed by atoms with Crippen LogP contribution in [0, 0.1) is 11.8 Å². The zero-order chi connectivity index (χ0) is 17.1. The van der Waals surface area contributed by atoms with Gasteiger partial charge in [-0.2, -0.15) is 5.10 Å². The molecule has 0 unspecified atom stereocenters. The lowest BCUT2D eigenvalue weighted by atomic mass is 10.0. The lowest BCUT2D eigenvalue weighted by molar-refractivity contribution is -0.141. The molecule has 1 amide bonds. The third kappa shape index (κ3) is 3.48. The van der Waals surface area contributed by atoms with Crippen molar-refractivity contribution in [3.63, 3.8) is 0 Å². The molecule has 2 N–H and O–H groups in total. The fourth-order valence-corrected chi connectivity index (χ4v) is 3.29. The molecule has 1 aromatic carbocycles. The zero-order valence-corrected chi connectivity index (χ0v) is 13.6. The van der Waals surface area contributed by atoms with E-state index in [9.17, 15) is 9.59 Å². The topological polar surface area (TPSA) is 84.2 Å². The number of hydrogen-bond acceptors (Lipinski definition) is 3. The highest BCUT2D eigenvalue weighted by molar-refractivity contribution is 5.81. The first-order valence-electron chi connectivity index (χ1n) is 8.12. The van der Waals surface area contributed by atoms with Gasteiger partial charge in [-0.05, 0) is 30.4 Å². The predicted molar refractivity (Wildman–Crippen MR) is 89.0 cm³/mol. The van der Waals surface area contributed by atoms with Gasteiger partial charge < -0.3 is 10.4 Å². The van der Waals surface area contributed by atoms with Crippen molar-refractivity contribution in [3.8, 4) is 11.1 Å². The second-order valence-corrected chi connectivity index (χ2v) is 6.32. The maximum absolute atomic E-state index is 12.3. The predicted octanol–water partition coefficient (Wildman–Crippen LogP) is 2.20. The van der Waals surface area contributed by atoms with Crippen LogP contribution in [0.5, 0.6) is 0 Å². The van der Waals surface area contributed by atoms with Crippen LogP contribution in [0.3, 0.4) is 0 Å². The van der Waals surface area contributed by atoms with E-state index in [0.29, 0.717) is 25.8 Å². The second-order valence-electron chi connectivity index (χ2n) is 6.32. The molecular formula is C18H21N3O3. The maximum atomic E-state index is 12.3. The first-order valence-corrected chi connectivity index (χ1v) is 8.12. The van der Waals surface area contributed by atoms with Crippen molar-refractivity contribution in [2.45, 2.75) is 25.8 Å². The number of carboxylic acid groups (broad SMARTS) is 1. The van der Waals surface area contributed by atoms with Crippen molar-refractivity contribution in [2.24, 2.45) is 18.9 Å². The van der Waals surface area contributed by atoms with E-state index in [1.54, 1.807) is 10.9 Å². The Morgan fingerprint density at radius 3 is 2.71 bits per heavy atom. The summed E-state index contributed by atoms with van der Waals surface area (Å²) in [5, 5.41) is 16.2. The Balaban J connectivity index is 1.65. The van der Waals surface area contributed by atoms with E-state index in [2.05, 4.69) is 10.4 Å². The standard InChI is InChI=1S/C18H21N3O3/c1-21-11-15(10-20-21)16-5-3-2-4-14(16)9-19-17(22)12-6-7-13(8-12)18(23)24/h2-5,10-13H,6-9H2,1H3,(H,19,22)(H,23,24)/t12-,13+/m1/s1. The summed E-state index contributed by atoms with van der Waals surface area (Å²) in [5.74, 6) is -1.44. The summed E-state index contributed by atoms with van der Waals surface area (Å²) in [5.41, 5.74) is 3.07. The van der Waals surface area contributed by atoms with Crippen LogP contribution >= 0.6 is 0 Å². The molecule has 0 bridgehead atoms. The molecule has 24 heavy (non-hydrogen) atoms. The molecule has 1 fully saturated rings. The third-order valence-corrected chi connectivity index (χ3v) is 4.64. The van der Waals surface area contributed by atoms with Crippen LogP contribution in [-0.2, 0) is 23.2 Å². The van der Waals surface area contributed by atoms with E-state index in [0.717, 1.165) is 16.7 Å². The van der Waals surface area contributed by atoms with Gasteiger partial charge >= 0.3 is 5.97 Å². The largest absolute Gasteiger partial charge is 0.481 e. The zero-order valence-electron chi connectivity index (χ0n) is 13.6. The van der Waals surface area contributed by atoms with Crippen molar-refractivity contribution < 1.29 is 14.7 Å². The van der Waals surface area contributed by atoms with Crippen LogP contribution in [0.25, 0.3) is 11.1 Å². The summed E-state index contributed by atoms with van der Waals surface area (Å²) < 4.78 is 1.75. The highest BCUT2D eigenvalue weighted by Gasteiger charge is 2.33. The minimum atomic E-state index is -0.799. The number of aliphatic carboxylic acids is 1. The molecule has 6 nitrogen and oxygen atoms in total. The van der Waals surface area contributed by atoms with Crippen LogP contribution in [0.2, 0.25) is 0 Å². The van der Waals surface area contributed by atoms with E-state index in [1.807, 2.05) is 37.5 Å². The average molecular weight is 327 g/mol. The highest BCUT2D eigenvalue weighted by Crippen LogP contribution is 2.31. The fourth-order valence-electron chi connectivity index (χ4n) is 3.29. The molecule has 1 heterocycles. The summed E-state index contributed by atoms with van der Waals surface area (Å²) in [7, 11) is 1.87. The van der Waals surface area contributed by atoms with Crippen molar-refractivity contribution >= 4 is 11.9 Å². The molecule has 0 aliphatic heterocycles. The summed E-state index contributed by atoms with van der Waals surface area (Å²) >= 11 is 0. The number of carboxylic acids is 1. The van der Waals surface area contributed by atoms with E-state index < -0.39 is 5.97 Å². The molecule has 3 rings (SSSR count). The van der Waals surface area contributed by atoms with Gasteiger partial charge in [-0.1, -0.05) is 24.3 Å². The van der Waals surface area contributed by atoms with Crippen LogP contribution in [0.1, 0.15) is 24.8 Å². The Bertz CT molecular complexity index is 753. The lowest BCUT2D eigenvalue weighted by Crippen LogP contribution is -2.29. The van der Waals surface area contributed by atoms with Crippen molar-refractivity contribution in [3.05, 3.63) is 42.2 Å². The van der Waals surface area contributed by atoms with E-state index in [-0.39, 0.29) is 17.7 Å². The first-order chi connectivity index (χ1) is 11.5. The van der Waals surface area contributed by atoms with Gasteiger partial charge in [0.1, 0.15) is 0 Å². The molecule has 2 aromatic rings. The normalized spacial score (nSPS) is 20.0. The molecular weight excluding hydrogens is 306 g/mol. The van der Waals surface area contributed by atoms with Crippen molar-refractivity contribution in [1.82, 2.24) is 15.1 Å². The quantitative estimate of drug-likeness (QED) is 0.882. The third-order valence-electron chi connectivity index (χ3n) is 4.64. The summed E-state index contributed by atoms with van der Waals surface area (Å²) in [4.78, 5) is 23.3. The number of nitrogens with zero attached hydrogens (tertiary/aromatic N) is 2. The molecule has 2 atom stereocenters. The molecule has 0 radical (unpaired) electrons. The molecule has 1 aromatic heterocycles. The Labute approximate surface area is 140 Å². The first kappa shape index (κ1) is 16.2. The van der Waals surface area contributed by atoms with Crippen molar-refractivity contribution in [1.29, 1.82) is 0 Å². The van der Waals surface area contributed by atoms with Crippen LogP contribution in [-0.4, -0.2) is 26.8 Å². The van der Waals surface area contributed by atoms with Gasteiger partial charge in [0.15, 0.2) is 0 Å². The monoisotopic (exact) mass is 327 g/mol. The summed E-state index contributed by atoms with van der Waals surface area (Å²) in [6, 6.07) is 7.89. The van der Waals surface area contributed by atoms with Crippen LogP contribution < -0.4 is 5.32 Å². The molecule has 6 heteroatoms. The van der Waals surface area contributed by atoms with Gasteiger partial charge in [0.25, 0.3) is 0 Å². The van der Waals surface area contributed by atoms with E-state index >= 15 is 0 Å². The van der Waals surface area contributed by atoms with Gasteiger partial charge in [-0.15, -0.1) is 0 Å². The second kappa shape index (κ2) is 6.86. The molecule has 0 saturated heterocycles.